The minimum atomic E-state index is -4.80. The number of halogens is 4. The Morgan fingerprint density at radius 1 is 1.05 bits per heavy atom. The van der Waals surface area contributed by atoms with E-state index in [4.69, 9.17) is 14.9 Å². The van der Waals surface area contributed by atoms with Crippen LogP contribution in [0.4, 0.5) is 17.6 Å². The number of aromatic carboxylic acids is 1. The fraction of sp³-hybridized carbons (Fsp3) is 0.370. The normalized spacial score (nSPS) is 13.8. The van der Waals surface area contributed by atoms with Crippen molar-refractivity contribution < 1.29 is 42.1 Å². The molecule has 39 heavy (non-hydrogen) atoms. The maximum atomic E-state index is 13.3. The number of alkyl halides is 3. The van der Waals surface area contributed by atoms with Crippen molar-refractivity contribution in [3.05, 3.63) is 82.8 Å². The van der Waals surface area contributed by atoms with Gasteiger partial charge < -0.3 is 20.3 Å². The molecule has 0 aliphatic heterocycles. The second kappa shape index (κ2) is 13.7. The van der Waals surface area contributed by atoms with Gasteiger partial charge in [-0.1, -0.05) is 55.7 Å². The van der Waals surface area contributed by atoms with Gasteiger partial charge in [0.15, 0.2) is 5.69 Å². The van der Waals surface area contributed by atoms with E-state index in [9.17, 15) is 27.2 Å². The molecule has 1 aliphatic carbocycles. The number of aliphatic hydroxyl groups excluding tert-OH is 1. The fourth-order valence-electron chi connectivity index (χ4n) is 4.06. The summed E-state index contributed by atoms with van der Waals surface area (Å²) in [4.78, 5) is 23.6. The topological polar surface area (TPSA) is 114 Å². The number of benzene rings is 2. The minimum Gasteiger partial charge on any atom is -0.476 e. The van der Waals surface area contributed by atoms with Crippen LogP contribution in [0.1, 0.15) is 59.3 Å². The van der Waals surface area contributed by atoms with E-state index in [1.54, 1.807) is 0 Å². The first-order valence-electron chi connectivity index (χ1n) is 12.3. The lowest BCUT2D eigenvalue weighted by Gasteiger charge is -2.22. The van der Waals surface area contributed by atoms with Crippen LogP contribution in [0.3, 0.4) is 0 Å². The number of carbonyl (C=O) groups excluding carboxylic acids is 1. The number of ether oxygens (including phenoxy) is 1. The van der Waals surface area contributed by atoms with Crippen molar-refractivity contribution in [2.75, 3.05) is 0 Å². The summed E-state index contributed by atoms with van der Waals surface area (Å²) in [5.74, 6) is -3.02. The van der Waals surface area contributed by atoms with Crippen LogP contribution >= 0.6 is 0 Å². The molecule has 12 heteroatoms. The summed E-state index contributed by atoms with van der Waals surface area (Å²) in [6, 6.07) is 12.7. The highest BCUT2D eigenvalue weighted by Crippen LogP contribution is 2.33. The molecular formula is C27H29F4N3O5. The molecule has 1 heterocycles. The zero-order valence-electron chi connectivity index (χ0n) is 21.0. The van der Waals surface area contributed by atoms with E-state index < -0.39 is 41.7 Å². The Bertz CT molecular complexity index is 1240. The summed E-state index contributed by atoms with van der Waals surface area (Å²) in [6.45, 7) is -0.834. The lowest BCUT2D eigenvalue weighted by atomic mass is 9.95. The Hall–Kier alpha value is -3.93. The predicted octanol–water partition coefficient (Wildman–Crippen LogP) is 4.95. The first kappa shape index (κ1) is 29.6. The molecule has 0 unspecified atom stereocenters. The molecule has 1 aliphatic rings. The first-order chi connectivity index (χ1) is 18.6. The van der Waals surface area contributed by atoms with Crippen LogP contribution < -0.4 is 10.1 Å². The molecule has 1 saturated carbocycles. The van der Waals surface area contributed by atoms with Crippen LogP contribution in [-0.4, -0.2) is 37.9 Å². The highest BCUT2D eigenvalue weighted by atomic mass is 19.4. The third-order valence-electron chi connectivity index (χ3n) is 6.00. The van der Waals surface area contributed by atoms with Gasteiger partial charge in [0.25, 0.3) is 0 Å². The predicted molar refractivity (Wildman–Crippen MR) is 132 cm³/mol. The molecular weight excluding hydrogens is 522 g/mol. The third kappa shape index (κ3) is 9.10. The average molecular weight is 552 g/mol. The molecule has 3 N–H and O–H groups in total. The quantitative estimate of drug-likeness (QED) is 0.342. The second-order valence-electron chi connectivity index (χ2n) is 8.96. The Kier molecular flexibility index (Phi) is 10.4. The number of aliphatic hydroxyl groups is 1. The molecule has 3 aromatic rings. The van der Waals surface area contributed by atoms with E-state index in [0.717, 1.165) is 60.5 Å². The number of rotatable bonds is 8. The van der Waals surface area contributed by atoms with E-state index in [-0.39, 0.29) is 30.6 Å². The average Bonchev–Trinajstić information content (AvgIpc) is 3.31. The van der Waals surface area contributed by atoms with Crippen LogP contribution in [-0.2, 0) is 30.7 Å². The molecule has 0 spiro atoms. The number of aromatic nitrogens is 2. The largest absolute Gasteiger partial charge is 0.476 e. The van der Waals surface area contributed by atoms with Gasteiger partial charge in [0, 0.05) is 17.7 Å². The van der Waals surface area contributed by atoms with Crippen LogP contribution in [0.25, 0.3) is 0 Å². The van der Waals surface area contributed by atoms with E-state index in [1.807, 2.05) is 30.3 Å². The third-order valence-corrected chi connectivity index (χ3v) is 6.00. The van der Waals surface area contributed by atoms with E-state index in [0.29, 0.717) is 6.07 Å². The molecule has 0 bridgehead atoms. The Morgan fingerprint density at radius 2 is 1.74 bits per heavy atom. The van der Waals surface area contributed by atoms with E-state index >= 15 is 0 Å². The highest BCUT2D eigenvalue weighted by Gasteiger charge is 2.34. The molecule has 210 valence electrons. The van der Waals surface area contributed by atoms with Gasteiger partial charge in [0.2, 0.25) is 11.8 Å². The van der Waals surface area contributed by atoms with Crippen molar-refractivity contribution >= 4 is 11.9 Å². The number of nitrogens with zero attached hydrogens (tertiary/aromatic N) is 2. The number of amides is 1. The van der Waals surface area contributed by atoms with Gasteiger partial charge in [-0.2, -0.15) is 18.3 Å². The first-order valence-corrected chi connectivity index (χ1v) is 12.3. The summed E-state index contributed by atoms with van der Waals surface area (Å²) in [7, 11) is 0. The van der Waals surface area contributed by atoms with Gasteiger partial charge >= 0.3 is 12.1 Å². The van der Waals surface area contributed by atoms with Gasteiger partial charge in [-0.25, -0.2) is 13.9 Å². The van der Waals surface area contributed by atoms with Gasteiger partial charge in [-0.05, 0) is 30.5 Å². The van der Waals surface area contributed by atoms with Crippen molar-refractivity contribution in [1.82, 2.24) is 15.1 Å². The van der Waals surface area contributed by atoms with Crippen molar-refractivity contribution in [2.45, 2.75) is 64.1 Å². The van der Waals surface area contributed by atoms with E-state index in [2.05, 4.69) is 10.4 Å². The lowest BCUT2D eigenvalue weighted by molar-refractivity contribution is -0.138. The van der Waals surface area contributed by atoms with Crippen LogP contribution in [0.15, 0.2) is 54.6 Å². The Balaban J connectivity index is 0.000000449. The molecule has 0 saturated heterocycles. The smallest absolute Gasteiger partial charge is 0.416 e. The zero-order valence-corrected chi connectivity index (χ0v) is 21.0. The SMILES string of the molecule is O=C(Cn1nc(C(=O)O)cc1OCc1ccc(F)cc1C(F)(F)F)NC1CCCCC1.OCc1ccccc1. The van der Waals surface area contributed by atoms with Crippen LogP contribution in [0.5, 0.6) is 5.88 Å². The fourth-order valence-corrected chi connectivity index (χ4v) is 4.06. The highest BCUT2D eigenvalue weighted by molar-refractivity contribution is 5.85. The summed E-state index contributed by atoms with van der Waals surface area (Å²) >= 11 is 0. The molecule has 1 fully saturated rings. The van der Waals surface area contributed by atoms with Crippen molar-refractivity contribution in [1.29, 1.82) is 0 Å². The molecule has 1 amide bonds. The van der Waals surface area contributed by atoms with Crippen LogP contribution in [0.2, 0.25) is 0 Å². The van der Waals surface area contributed by atoms with Gasteiger partial charge in [-0.15, -0.1) is 0 Å². The van der Waals surface area contributed by atoms with Gasteiger partial charge in [0.1, 0.15) is 19.0 Å². The standard InChI is InChI=1S/C20H21F4N3O4.C7H8O/c21-13-7-6-12(15(8-13)20(22,23)24)11-31-18-9-16(19(29)30)26-27(18)10-17(28)25-14-4-2-1-3-5-14;8-6-7-4-2-1-3-5-7/h6-9,14H,1-5,10-11H2,(H,25,28)(H,29,30);1-5,8H,6H2. The molecule has 0 radical (unpaired) electrons. The van der Waals surface area contributed by atoms with Crippen molar-refractivity contribution in [3.8, 4) is 5.88 Å². The molecule has 1 aromatic heterocycles. The summed E-state index contributed by atoms with van der Waals surface area (Å²) < 4.78 is 59.1. The zero-order chi connectivity index (χ0) is 28.4. The molecule has 0 atom stereocenters. The lowest BCUT2D eigenvalue weighted by Crippen LogP contribution is -2.38. The van der Waals surface area contributed by atoms with Crippen LogP contribution in [0, 0.1) is 5.82 Å². The minimum absolute atomic E-state index is 0.0219. The number of carbonyl (C=O) groups is 2. The maximum absolute atomic E-state index is 13.3. The number of carboxylic acid groups (broad SMARTS) is 1. The molecule has 2 aromatic carbocycles. The number of hydrogen-bond donors (Lipinski definition) is 3. The number of hydrogen-bond acceptors (Lipinski definition) is 5. The monoisotopic (exact) mass is 551 g/mol. The maximum Gasteiger partial charge on any atom is 0.416 e. The Morgan fingerprint density at radius 3 is 2.33 bits per heavy atom. The molecule has 4 rings (SSSR count). The van der Waals surface area contributed by atoms with Crippen molar-refractivity contribution in [2.24, 2.45) is 0 Å². The second-order valence-corrected chi connectivity index (χ2v) is 8.96. The number of nitrogens with one attached hydrogen (secondary N) is 1. The van der Waals surface area contributed by atoms with Gasteiger partial charge in [0.05, 0.1) is 12.2 Å². The number of carboxylic acids is 1. The summed E-state index contributed by atoms with van der Waals surface area (Å²) in [5, 5.41) is 24.3. The summed E-state index contributed by atoms with van der Waals surface area (Å²) in [5.41, 5.74) is -1.000. The van der Waals surface area contributed by atoms with E-state index in [1.165, 1.54) is 0 Å². The van der Waals surface area contributed by atoms with Gasteiger partial charge in [-0.3, -0.25) is 4.79 Å². The summed E-state index contributed by atoms with van der Waals surface area (Å²) in [6.07, 6.45) is 0.00750. The Labute approximate surface area is 222 Å². The van der Waals surface area contributed by atoms with Crippen molar-refractivity contribution in [3.63, 3.8) is 0 Å². The molecule has 8 nitrogen and oxygen atoms in total.